The standard InChI is InChI=1S/C21H25N3O4S.C2HF3O2/c1-2-24-17-10-13-23(21(25)15-16-7-5-6-12-22-16)14-11-18(17)28-19-8-3-4-9-20(19)29(24,26)27;3-2(4,5)1(6)7/h3-9,12,17-18H,2,10-11,13-15H2,1H3;(H,6,7)/t17-,18-;/m0./s1. The van der Waals surface area contributed by atoms with Gasteiger partial charge in [0.05, 0.1) is 12.5 Å². The van der Waals surface area contributed by atoms with Crippen molar-refractivity contribution in [2.45, 2.75) is 49.4 Å². The van der Waals surface area contributed by atoms with E-state index in [-0.39, 0.29) is 29.4 Å². The van der Waals surface area contributed by atoms with E-state index in [2.05, 4.69) is 4.98 Å². The highest BCUT2D eigenvalue weighted by molar-refractivity contribution is 7.89. The van der Waals surface area contributed by atoms with Crippen molar-refractivity contribution in [3.63, 3.8) is 0 Å². The molecule has 1 amide bonds. The highest BCUT2D eigenvalue weighted by Gasteiger charge is 2.43. The molecule has 0 aliphatic carbocycles. The monoisotopic (exact) mass is 529 g/mol. The lowest BCUT2D eigenvalue weighted by molar-refractivity contribution is -0.192. The largest absolute Gasteiger partial charge is 0.490 e. The molecule has 2 atom stereocenters. The van der Waals surface area contributed by atoms with Crippen molar-refractivity contribution in [2.75, 3.05) is 19.6 Å². The van der Waals surface area contributed by atoms with Crippen molar-refractivity contribution < 1.29 is 41.0 Å². The number of amides is 1. The van der Waals surface area contributed by atoms with Crippen molar-refractivity contribution in [2.24, 2.45) is 0 Å². The van der Waals surface area contributed by atoms with E-state index in [1.54, 1.807) is 35.4 Å². The molecule has 1 N–H and O–H groups in total. The van der Waals surface area contributed by atoms with Crippen molar-refractivity contribution in [3.05, 3.63) is 54.4 Å². The number of para-hydroxylation sites is 1. The Kier molecular flexibility index (Phi) is 8.56. The van der Waals surface area contributed by atoms with Gasteiger partial charge in [-0.1, -0.05) is 25.1 Å². The number of carbonyl (C=O) groups excluding carboxylic acids is 1. The quantitative estimate of drug-likeness (QED) is 0.650. The smallest absolute Gasteiger partial charge is 0.487 e. The topological polar surface area (TPSA) is 117 Å². The van der Waals surface area contributed by atoms with Gasteiger partial charge in [-0.15, -0.1) is 0 Å². The molecule has 0 radical (unpaired) electrons. The molecule has 1 aromatic heterocycles. The van der Waals surface area contributed by atoms with E-state index in [0.717, 1.165) is 5.69 Å². The summed E-state index contributed by atoms with van der Waals surface area (Å²) in [4.78, 5) is 27.9. The number of carbonyl (C=O) groups is 2. The van der Waals surface area contributed by atoms with Crippen LogP contribution in [0, 0.1) is 0 Å². The van der Waals surface area contributed by atoms with Crippen LogP contribution in [0.1, 0.15) is 25.5 Å². The predicted octanol–water partition coefficient (Wildman–Crippen LogP) is 2.72. The molecule has 0 saturated carbocycles. The van der Waals surface area contributed by atoms with Gasteiger partial charge in [0.15, 0.2) is 0 Å². The summed E-state index contributed by atoms with van der Waals surface area (Å²) in [5.41, 5.74) is 0.735. The first-order valence-electron chi connectivity index (χ1n) is 11.2. The number of ether oxygens (including phenoxy) is 1. The van der Waals surface area contributed by atoms with E-state index in [1.807, 2.05) is 25.1 Å². The number of hydrogen-bond donors (Lipinski definition) is 1. The molecule has 9 nitrogen and oxygen atoms in total. The van der Waals surface area contributed by atoms with Gasteiger partial charge in [0.2, 0.25) is 15.9 Å². The van der Waals surface area contributed by atoms with E-state index in [9.17, 15) is 26.4 Å². The lowest BCUT2D eigenvalue weighted by Gasteiger charge is -2.30. The number of rotatable bonds is 3. The van der Waals surface area contributed by atoms with Gasteiger partial charge < -0.3 is 14.7 Å². The van der Waals surface area contributed by atoms with Crippen LogP contribution >= 0.6 is 0 Å². The van der Waals surface area contributed by atoms with E-state index < -0.39 is 22.2 Å². The number of fused-ring (bicyclic) bond motifs is 2. The number of pyridine rings is 1. The highest BCUT2D eigenvalue weighted by Crippen LogP contribution is 2.36. The Morgan fingerprint density at radius 2 is 1.75 bits per heavy atom. The van der Waals surface area contributed by atoms with Gasteiger partial charge in [-0.25, -0.2) is 13.2 Å². The first-order chi connectivity index (χ1) is 16.9. The van der Waals surface area contributed by atoms with E-state index in [1.165, 1.54) is 4.31 Å². The number of benzene rings is 1. The molecule has 1 fully saturated rings. The lowest BCUT2D eigenvalue weighted by Crippen LogP contribution is -2.47. The minimum absolute atomic E-state index is 0.00599. The fourth-order valence-corrected chi connectivity index (χ4v) is 5.99. The number of likely N-dealkylation sites (tertiary alicyclic amines) is 1. The number of sulfonamides is 1. The third-order valence-electron chi connectivity index (χ3n) is 5.86. The Hall–Kier alpha value is -3.19. The number of carboxylic acid groups (broad SMARTS) is 1. The maximum Gasteiger partial charge on any atom is 0.490 e. The molecule has 3 heterocycles. The summed E-state index contributed by atoms with van der Waals surface area (Å²) < 4.78 is 65.9. The predicted molar refractivity (Wildman–Crippen MR) is 122 cm³/mol. The summed E-state index contributed by atoms with van der Waals surface area (Å²) >= 11 is 0. The van der Waals surface area contributed by atoms with Crippen molar-refractivity contribution in [3.8, 4) is 5.75 Å². The van der Waals surface area contributed by atoms with Gasteiger partial charge in [-0.05, 0) is 30.7 Å². The van der Waals surface area contributed by atoms with Crippen LogP contribution in [0.25, 0.3) is 0 Å². The van der Waals surface area contributed by atoms with Gasteiger partial charge in [0.25, 0.3) is 0 Å². The van der Waals surface area contributed by atoms with Gasteiger partial charge in [0, 0.05) is 37.9 Å². The summed E-state index contributed by atoms with van der Waals surface area (Å²) in [6, 6.07) is 12.0. The van der Waals surface area contributed by atoms with Crippen LogP contribution in [0.3, 0.4) is 0 Å². The molecule has 2 aliphatic heterocycles. The summed E-state index contributed by atoms with van der Waals surface area (Å²) in [6.07, 6.45) is -2.33. The van der Waals surface area contributed by atoms with Crippen LogP contribution in [0.15, 0.2) is 53.6 Å². The second-order valence-corrected chi connectivity index (χ2v) is 10.00. The Balaban J connectivity index is 0.000000454. The zero-order chi connectivity index (χ0) is 26.5. The van der Waals surface area contributed by atoms with Gasteiger partial charge in [0.1, 0.15) is 16.7 Å². The molecule has 0 bridgehead atoms. The fraction of sp³-hybridized carbons (Fsp3) is 0.435. The fourth-order valence-electron chi connectivity index (χ4n) is 4.18. The van der Waals surface area contributed by atoms with E-state index >= 15 is 0 Å². The summed E-state index contributed by atoms with van der Waals surface area (Å²) in [6.45, 7) is 3.24. The Morgan fingerprint density at radius 1 is 1.11 bits per heavy atom. The average Bonchev–Trinajstić information content (AvgIpc) is 3.07. The Bertz CT molecular complexity index is 1180. The number of aliphatic carboxylic acids is 1. The zero-order valence-electron chi connectivity index (χ0n) is 19.4. The molecule has 1 saturated heterocycles. The van der Waals surface area contributed by atoms with Crippen molar-refractivity contribution in [1.82, 2.24) is 14.2 Å². The Morgan fingerprint density at radius 3 is 2.36 bits per heavy atom. The van der Waals surface area contributed by atoms with Crippen LogP contribution in [-0.2, 0) is 26.0 Å². The Labute approximate surface area is 206 Å². The van der Waals surface area contributed by atoms with Crippen LogP contribution in [0.4, 0.5) is 13.2 Å². The molecule has 0 spiro atoms. The molecular weight excluding hydrogens is 503 g/mol. The third-order valence-corrected chi connectivity index (χ3v) is 7.90. The van der Waals surface area contributed by atoms with Gasteiger partial charge >= 0.3 is 12.1 Å². The zero-order valence-corrected chi connectivity index (χ0v) is 20.2. The van der Waals surface area contributed by atoms with E-state index in [0.29, 0.717) is 38.2 Å². The second kappa shape index (κ2) is 11.2. The van der Waals surface area contributed by atoms with Crippen LogP contribution in [0.5, 0.6) is 5.75 Å². The SMILES string of the molecule is CCN1[C@H]2CCN(C(=O)Cc3ccccn3)CC[C@@H]2Oc2ccccc2S1(=O)=O.O=C(O)C(F)(F)F. The molecule has 36 heavy (non-hydrogen) atoms. The van der Waals surface area contributed by atoms with Crippen LogP contribution in [-0.4, -0.2) is 77.5 Å². The number of hydrogen-bond acceptors (Lipinski definition) is 6. The molecule has 1 aromatic carbocycles. The van der Waals surface area contributed by atoms with Crippen molar-refractivity contribution >= 4 is 21.9 Å². The van der Waals surface area contributed by atoms with Gasteiger partial charge in [-0.2, -0.15) is 17.5 Å². The first kappa shape index (κ1) is 27.4. The maximum atomic E-state index is 13.2. The lowest BCUT2D eigenvalue weighted by atomic mass is 10.1. The number of halogens is 3. The summed E-state index contributed by atoms with van der Waals surface area (Å²) in [5, 5.41) is 7.12. The number of aromatic nitrogens is 1. The average molecular weight is 530 g/mol. The summed E-state index contributed by atoms with van der Waals surface area (Å²) in [5.74, 6) is -2.36. The first-order valence-corrected chi connectivity index (χ1v) is 12.6. The molecular formula is C23H26F3N3O6S. The van der Waals surface area contributed by atoms with Crippen LogP contribution in [0.2, 0.25) is 0 Å². The third kappa shape index (κ3) is 6.32. The minimum atomic E-state index is -5.08. The van der Waals surface area contributed by atoms with E-state index in [4.69, 9.17) is 14.6 Å². The van der Waals surface area contributed by atoms with Crippen LogP contribution < -0.4 is 4.74 Å². The summed E-state index contributed by atoms with van der Waals surface area (Å²) in [7, 11) is -3.65. The molecule has 13 heteroatoms. The van der Waals surface area contributed by atoms with Crippen molar-refractivity contribution in [1.29, 1.82) is 0 Å². The number of alkyl halides is 3. The molecule has 2 aromatic rings. The number of carboxylic acids is 1. The molecule has 196 valence electrons. The molecule has 2 aliphatic rings. The normalized spacial score (nSPS) is 21.4. The van der Waals surface area contributed by atoms with Gasteiger partial charge in [-0.3, -0.25) is 9.78 Å². The maximum absolute atomic E-state index is 13.2. The second-order valence-electron chi connectivity index (χ2n) is 8.14. The minimum Gasteiger partial charge on any atom is -0.487 e. The molecule has 0 unspecified atom stereocenters. The molecule has 4 rings (SSSR count). The number of nitrogens with zero attached hydrogens (tertiary/aromatic N) is 3. The number of likely N-dealkylation sites (N-methyl/N-ethyl adjacent to an activating group) is 1. The highest BCUT2D eigenvalue weighted by atomic mass is 32.2.